The number of carbonyl (C=O) groups is 1. The lowest BCUT2D eigenvalue weighted by Crippen LogP contribution is -1.96. The van der Waals surface area contributed by atoms with E-state index in [-0.39, 0.29) is 12.2 Å². The van der Waals surface area contributed by atoms with E-state index in [1.54, 1.807) is 24.3 Å². The number of hydrogen-bond donors (Lipinski definition) is 0. The first-order valence-electron chi connectivity index (χ1n) is 3.34. The first-order chi connectivity index (χ1) is 5.34. The predicted molar refractivity (Wildman–Crippen MR) is 40.8 cm³/mol. The molecule has 11 heavy (non-hydrogen) atoms. The molecule has 0 heterocycles. The molecule has 0 saturated carbocycles. The van der Waals surface area contributed by atoms with Crippen molar-refractivity contribution in [1.29, 1.82) is 0 Å². The lowest BCUT2D eigenvalue weighted by Gasteiger charge is -1.94. The summed E-state index contributed by atoms with van der Waals surface area (Å²) in [4.78, 5) is 11.0. The highest BCUT2D eigenvalue weighted by Gasteiger charge is 2.02. The van der Waals surface area contributed by atoms with Crippen LogP contribution in [0.25, 0.3) is 0 Å². The molecule has 0 N–H and O–H groups in total. The van der Waals surface area contributed by atoms with Gasteiger partial charge in [-0.15, -0.1) is 0 Å². The van der Waals surface area contributed by atoms with Gasteiger partial charge in [-0.2, -0.15) is 0 Å². The second kappa shape index (κ2) is 3.86. The van der Waals surface area contributed by atoms with E-state index in [0.29, 0.717) is 12.2 Å². The summed E-state index contributed by atoms with van der Waals surface area (Å²) < 4.78 is 11.6. The van der Waals surface area contributed by atoms with E-state index >= 15 is 0 Å². The van der Waals surface area contributed by atoms with Crippen LogP contribution in [0.4, 0.5) is 4.39 Å². The molecule has 0 aliphatic rings. The molecule has 0 bridgehead atoms. The van der Waals surface area contributed by atoms with Gasteiger partial charge in [0.25, 0.3) is 0 Å². The molecule has 1 aromatic carbocycles. The van der Waals surface area contributed by atoms with E-state index in [9.17, 15) is 9.18 Å². The molecule has 0 spiro atoms. The third-order valence-electron chi connectivity index (χ3n) is 1.36. The number of ketones is 1. The molecule has 0 aliphatic heterocycles. The zero-order valence-electron chi connectivity index (χ0n) is 5.96. The van der Waals surface area contributed by atoms with Crippen LogP contribution in [-0.2, 0) is 0 Å². The van der Waals surface area contributed by atoms with Crippen LogP contribution >= 0.6 is 0 Å². The average molecular weight is 151 g/mol. The first kappa shape index (κ1) is 7.92. The predicted octanol–water partition coefficient (Wildman–Crippen LogP) is 2.39. The molecule has 57 valence electrons. The highest BCUT2D eigenvalue weighted by atomic mass is 19.1. The number of Topliss-reactive ketones (excluding diaryl/α,β-unsaturated/α-hetero) is 1. The van der Waals surface area contributed by atoms with Crippen LogP contribution in [0.1, 0.15) is 16.8 Å². The van der Waals surface area contributed by atoms with E-state index in [1.807, 2.05) is 6.07 Å². The first-order valence-corrected chi connectivity index (χ1v) is 3.34. The summed E-state index contributed by atoms with van der Waals surface area (Å²) in [5, 5.41) is 0. The zero-order chi connectivity index (χ0) is 8.10. The summed E-state index contributed by atoms with van der Waals surface area (Å²) in [6.45, 7) is 0.370. The molecule has 1 nitrogen and oxygen atoms in total. The van der Waals surface area contributed by atoms with Gasteiger partial charge in [0.15, 0.2) is 5.78 Å². The molecule has 0 unspecified atom stereocenters. The Morgan fingerprint density at radius 1 is 1.36 bits per heavy atom. The van der Waals surface area contributed by atoms with Crippen LogP contribution in [0.3, 0.4) is 0 Å². The normalized spacial score (nSPS) is 9.55. The molecule has 1 rings (SSSR count). The minimum Gasteiger partial charge on any atom is -0.294 e. The van der Waals surface area contributed by atoms with Crippen molar-refractivity contribution >= 4 is 5.78 Å². The van der Waals surface area contributed by atoms with Crippen molar-refractivity contribution in [1.82, 2.24) is 0 Å². The third-order valence-corrected chi connectivity index (χ3v) is 1.36. The second-order valence-electron chi connectivity index (χ2n) is 2.15. The van der Waals surface area contributed by atoms with Gasteiger partial charge in [-0.1, -0.05) is 30.3 Å². The standard InChI is InChI=1S/C9H8FO/c10-7-6-9(11)8-4-2-1-3-5-8/h1-5,7H,6H2. The fourth-order valence-corrected chi connectivity index (χ4v) is 0.812. The van der Waals surface area contributed by atoms with Crippen LogP contribution in [0.15, 0.2) is 30.3 Å². The van der Waals surface area contributed by atoms with Gasteiger partial charge >= 0.3 is 0 Å². The van der Waals surface area contributed by atoms with Crippen LogP contribution in [-0.4, -0.2) is 5.78 Å². The van der Waals surface area contributed by atoms with E-state index < -0.39 is 0 Å². The molecular formula is C9H8FO. The Hall–Kier alpha value is -1.18. The van der Waals surface area contributed by atoms with Gasteiger partial charge < -0.3 is 0 Å². The van der Waals surface area contributed by atoms with Gasteiger partial charge in [-0.25, -0.2) is 4.39 Å². The molecule has 0 saturated heterocycles. The largest absolute Gasteiger partial charge is 0.294 e. The Morgan fingerprint density at radius 3 is 2.55 bits per heavy atom. The summed E-state index contributed by atoms with van der Waals surface area (Å²) in [6.07, 6.45) is -0.135. The number of carbonyl (C=O) groups excluding carboxylic acids is 1. The highest BCUT2D eigenvalue weighted by Crippen LogP contribution is 2.03. The van der Waals surface area contributed by atoms with Gasteiger partial charge in [-0.3, -0.25) is 4.79 Å². The molecule has 0 atom stereocenters. The molecule has 2 heteroatoms. The Morgan fingerprint density at radius 2 is 2.00 bits per heavy atom. The maximum atomic E-state index is 11.6. The van der Waals surface area contributed by atoms with Crippen molar-refractivity contribution in [2.45, 2.75) is 6.42 Å². The van der Waals surface area contributed by atoms with Crippen LogP contribution in [0.2, 0.25) is 0 Å². The smallest absolute Gasteiger partial charge is 0.165 e. The van der Waals surface area contributed by atoms with Crippen molar-refractivity contribution < 1.29 is 9.18 Å². The van der Waals surface area contributed by atoms with Gasteiger partial charge in [-0.05, 0) is 0 Å². The number of hydrogen-bond acceptors (Lipinski definition) is 1. The molecule has 0 aliphatic carbocycles. The van der Waals surface area contributed by atoms with E-state index in [4.69, 9.17) is 0 Å². The molecule has 1 radical (unpaired) electrons. The Balaban J connectivity index is 2.69. The number of benzene rings is 1. The van der Waals surface area contributed by atoms with E-state index in [1.165, 1.54) is 0 Å². The lowest BCUT2D eigenvalue weighted by molar-refractivity contribution is 0.0985. The van der Waals surface area contributed by atoms with Crippen molar-refractivity contribution in [2.75, 3.05) is 0 Å². The lowest BCUT2D eigenvalue weighted by atomic mass is 10.1. The average Bonchev–Trinajstić information content (AvgIpc) is 2.07. The Kier molecular flexibility index (Phi) is 2.78. The summed E-state index contributed by atoms with van der Waals surface area (Å²) in [7, 11) is 0. The van der Waals surface area contributed by atoms with Crippen LogP contribution in [0.5, 0.6) is 0 Å². The summed E-state index contributed by atoms with van der Waals surface area (Å²) in [5.41, 5.74) is 0.557. The number of halogens is 1. The van der Waals surface area contributed by atoms with E-state index in [2.05, 4.69) is 0 Å². The highest BCUT2D eigenvalue weighted by molar-refractivity contribution is 5.96. The number of rotatable bonds is 3. The summed E-state index contributed by atoms with van der Waals surface area (Å²) in [6, 6.07) is 8.67. The SMILES string of the molecule is O=C(C[CH]F)c1ccccc1. The maximum Gasteiger partial charge on any atom is 0.165 e. The second-order valence-corrected chi connectivity index (χ2v) is 2.15. The van der Waals surface area contributed by atoms with Gasteiger partial charge in [0.2, 0.25) is 0 Å². The molecular weight excluding hydrogens is 143 g/mol. The van der Waals surface area contributed by atoms with Gasteiger partial charge in [0.05, 0.1) is 0 Å². The summed E-state index contributed by atoms with van der Waals surface area (Å²) in [5.74, 6) is -0.187. The minimum atomic E-state index is -0.187. The molecule has 0 amide bonds. The monoisotopic (exact) mass is 151 g/mol. The molecule has 0 aromatic heterocycles. The maximum absolute atomic E-state index is 11.6. The van der Waals surface area contributed by atoms with Crippen molar-refractivity contribution in [3.05, 3.63) is 42.6 Å². The Labute approximate surface area is 64.9 Å². The van der Waals surface area contributed by atoms with Crippen molar-refractivity contribution in [2.24, 2.45) is 0 Å². The van der Waals surface area contributed by atoms with Crippen LogP contribution in [0, 0.1) is 6.67 Å². The van der Waals surface area contributed by atoms with Crippen LogP contribution < -0.4 is 0 Å². The van der Waals surface area contributed by atoms with Crippen molar-refractivity contribution in [3.63, 3.8) is 0 Å². The summed E-state index contributed by atoms with van der Waals surface area (Å²) >= 11 is 0. The van der Waals surface area contributed by atoms with Gasteiger partial charge in [0.1, 0.15) is 6.67 Å². The fraction of sp³-hybridized carbons (Fsp3) is 0.111. The van der Waals surface area contributed by atoms with Gasteiger partial charge in [0, 0.05) is 12.0 Å². The van der Waals surface area contributed by atoms with E-state index in [0.717, 1.165) is 0 Å². The fourth-order valence-electron chi connectivity index (χ4n) is 0.812. The molecule has 0 fully saturated rings. The quantitative estimate of drug-likeness (QED) is 0.606. The Bertz CT molecular complexity index is 231. The minimum absolute atomic E-state index is 0.135. The van der Waals surface area contributed by atoms with Crippen molar-refractivity contribution in [3.8, 4) is 0 Å². The zero-order valence-corrected chi connectivity index (χ0v) is 5.96. The third kappa shape index (κ3) is 2.15. The topological polar surface area (TPSA) is 17.1 Å². The molecule has 1 aromatic rings.